The lowest BCUT2D eigenvalue weighted by atomic mass is 9.41. The SMILES string of the molecule is C=CCC1=CC2(OC)C(=O)C(OC)(OC)C1[C@@H]1C(OC)(OC)C(=O)C(OC)=C[C@@]12CC=C. The summed E-state index contributed by atoms with van der Waals surface area (Å²) in [7, 11) is 8.41. The molecular weight excluding hydrogens is 416 g/mol. The highest BCUT2D eigenvalue weighted by atomic mass is 16.7. The van der Waals surface area contributed by atoms with Crippen molar-refractivity contribution in [3.63, 3.8) is 0 Å². The second-order valence-corrected chi connectivity index (χ2v) is 8.16. The third-order valence-corrected chi connectivity index (χ3v) is 7.39. The molecule has 1 fully saturated rings. The third-order valence-electron chi connectivity index (χ3n) is 7.39. The van der Waals surface area contributed by atoms with E-state index in [1.807, 2.05) is 0 Å². The van der Waals surface area contributed by atoms with Gasteiger partial charge >= 0.3 is 0 Å². The van der Waals surface area contributed by atoms with E-state index in [1.54, 1.807) is 24.3 Å². The van der Waals surface area contributed by atoms with Crippen molar-refractivity contribution in [1.29, 1.82) is 0 Å². The van der Waals surface area contributed by atoms with E-state index in [-0.39, 0.29) is 12.2 Å². The standard InChI is InChI=1S/C24H32O8/c1-9-11-15-13-22(28-4)20(26)23(29-5,30-6)17(15)18-21(22,12-10-2)14-16(27-3)19(25)24(18,31-7)32-8/h9-10,13-14,17-18H,1-2,11-12H2,3-8H3/t17?,18-,21-,22?/m0/s1. The molecule has 1 saturated carbocycles. The monoisotopic (exact) mass is 448 g/mol. The van der Waals surface area contributed by atoms with Gasteiger partial charge in [-0.3, -0.25) is 9.59 Å². The molecule has 0 heterocycles. The van der Waals surface area contributed by atoms with Crippen molar-refractivity contribution < 1.29 is 38.0 Å². The van der Waals surface area contributed by atoms with Crippen molar-refractivity contribution >= 4 is 11.6 Å². The van der Waals surface area contributed by atoms with Crippen molar-refractivity contribution in [3.05, 3.63) is 48.8 Å². The zero-order chi connectivity index (χ0) is 23.9. The molecule has 0 saturated heterocycles. The first-order valence-corrected chi connectivity index (χ1v) is 10.3. The lowest BCUT2D eigenvalue weighted by molar-refractivity contribution is -0.330. The number of hydrogen-bond acceptors (Lipinski definition) is 8. The Balaban J connectivity index is 2.57. The number of fused-ring (bicyclic) bond motifs is 1. The van der Waals surface area contributed by atoms with Gasteiger partial charge in [-0.1, -0.05) is 17.7 Å². The van der Waals surface area contributed by atoms with Crippen LogP contribution >= 0.6 is 0 Å². The quantitative estimate of drug-likeness (QED) is 0.372. The summed E-state index contributed by atoms with van der Waals surface area (Å²) >= 11 is 0. The largest absolute Gasteiger partial charge is 0.493 e. The highest BCUT2D eigenvalue weighted by Gasteiger charge is 2.82. The Kier molecular flexibility index (Phi) is 6.40. The van der Waals surface area contributed by atoms with E-state index in [0.29, 0.717) is 6.42 Å². The Labute approximate surface area is 188 Å². The van der Waals surface area contributed by atoms with Crippen LogP contribution in [0.2, 0.25) is 0 Å². The van der Waals surface area contributed by atoms with Crippen molar-refractivity contribution in [3.8, 4) is 0 Å². The van der Waals surface area contributed by atoms with Gasteiger partial charge in [-0.05, 0) is 25.0 Å². The molecule has 0 aliphatic heterocycles. The van der Waals surface area contributed by atoms with E-state index in [1.165, 1.54) is 42.7 Å². The maximum absolute atomic E-state index is 14.2. The fraction of sp³-hybridized carbons (Fsp3) is 0.583. The van der Waals surface area contributed by atoms with Gasteiger partial charge in [0.2, 0.25) is 17.4 Å². The Hall–Kier alpha value is -2.10. The predicted molar refractivity (Wildman–Crippen MR) is 115 cm³/mol. The molecule has 0 amide bonds. The molecule has 0 aromatic heterocycles. The van der Waals surface area contributed by atoms with E-state index in [2.05, 4.69) is 13.2 Å². The second-order valence-electron chi connectivity index (χ2n) is 8.16. The number of ketones is 2. The normalized spacial score (nSPS) is 34.4. The molecule has 4 atom stereocenters. The topological polar surface area (TPSA) is 89.5 Å². The number of hydrogen-bond donors (Lipinski definition) is 0. The van der Waals surface area contributed by atoms with E-state index < -0.39 is 46.0 Å². The maximum Gasteiger partial charge on any atom is 0.256 e. The van der Waals surface area contributed by atoms with Gasteiger partial charge < -0.3 is 28.4 Å². The summed E-state index contributed by atoms with van der Waals surface area (Å²) < 4.78 is 34.8. The fourth-order valence-electron chi connectivity index (χ4n) is 6.20. The summed E-state index contributed by atoms with van der Waals surface area (Å²) in [4.78, 5) is 27.8. The Morgan fingerprint density at radius 2 is 1.47 bits per heavy atom. The zero-order valence-electron chi connectivity index (χ0n) is 19.6. The number of rotatable bonds is 10. The number of Topliss-reactive ketones (excluding diaryl/α,β-unsaturated/α-hetero) is 2. The molecule has 4 aliphatic carbocycles. The smallest absolute Gasteiger partial charge is 0.256 e. The van der Waals surface area contributed by atoms with E-state index >= 15 is 0 Å². The summed E-state index contributed by atoms with van der Waals surface area (Å²) in [5.41, 5.74) is -1.95. The van der Waals surface area contributed by atoms with Crippen LogP contribution in [0.1, 0.15) is 12.8 Å². The van der Waals surface area contributed by atoms with Gasteiger partial charge in [0.1, 0.15) is 0 Å². The maximum atomic E-state index is 14.2. The van der Waals surface area contributed by atoms with E-state index in [9.17, 15) is 9.59 Å². The van der Waals surface area contributed by atoms with Gasteiger partial charge in [0.25, 0.3) is 5.78 Å². The number of carbonyl (C=O) groups is 2. The summed E-state index contributed by atoms with van der Waals surface area (Å²) in [5.74, 6) is -5.98. The molecule has 8 heteroatoms. The van der Waals surface area contributed by atoms with Crippen LogP contribution in [0.5, 0.6) is 0 Å². The summed E-state index contributed by atoms with van der Waals surface area (Å²) in [6.45, 7) is 7.77. The van der Waals surface area contributed by atoms with Crippen molar-refractivity contribution in [2.75, 3.05) is 42.7 Å². The van der Waals surface area contributed by atoms with Crippen molar-refractivity contribution in [1.82, 2.24) is 0 Å². The van der Waals surface area contributed by atoms with E-state index in [4.69, 9.17) is 28.4 Å². The first-order chi connectivity index (χ1) is 15.3. The summed E-state index contributed by atoms with van der Waals surface area (Å²) in [6, 6.07) is 0. The summed E-state index contributed by atoms with van der Waals surface area (Å²) in [5, 5.41) is 0. The molecule has 0 spiro atoms. The average Bonchev–Trinajstić information content (AvgIpc) is 2.81. The molecular formula is C24H32O8. The lowest BCUT2D eigenvalue weighted by Crippen LogP contribution is -2.81. The molecule has 0 aromatic rings. The fourth-order valence-corrected chi connectivity index (χ4v) is 6.20. The van der Waals surface area contributed by atoms with Gasteiger partial charge in [-0.25, -0.2) is 0 Å². The molecule has 4 aliphatic rings. The van der Waals surface area contributed by atoms with Crippen molar-refractivity contribution in [2.45, 2.75) is 30.0 Å². The van der Waals surface area contributed by atoms with Gasteiger partial charge in [0.15, 0.2) is 11.4 Å². The number of methoxy groups -OCH3 is 6. The van der Waals surface area contributed by atoms with Crippen LogP contribution in [0.4, 0.5) is 0 Å². The third kappa shape index (κ3) is 2.55. The molecule has 176 valence electrons. The van der Waals surface area contributed by atoms with Crippen LogP contribution in [-0.4, -0.2) is 71.4 Å². The molecule has 2 bridgehead atoms. The van der Waals surface area contributed by atoms with Crippen LogP contribution in [-0.2, 0) is 38.0 Å². The molecule has 0 N–H and O–H groups in total. The van der Waals surface area contributed by atoms with Gasteiger partial charge in [0.05, 0.1) is 13.0 Å². The Morgan fingerprint density at radius 1 is 0.875 bits per heavy atom. The molecule has 2 unspecified atom stereocenters. The predicted octanol–water partition coefficient (Wildman–Crippen LogP) is 2.36. The first kappa shape index (κ1) is 24.5. The minimum atomic E-state index is -1.80. The first-order valence-electron chi connectivity index (χ1n) is 10.3. The highest BCUT2D eigenvalue weighted by Crippen LogP contribution is 2.69. The molecule has 8 nitrogen and oxygen atoms in total. The lowest BCUT2D eigenvalue weighted by Gasteiger charge is -2.67. The number of ether oxygens (including phenoxy) is 6. The van der Waals surface area contributed by atoms with Crippen LogP contribution < -0.4 is 0 Å². The van der Waals surface area contributed by atoms with Crippen LogP contribution in [0.15, 0.2) is 48.8 Å². The minimum Gasteiger partial charge on any atom is -0.493 e. The van der Waals surface area contributed by atoms with Gasteiger partial charge in [-0.2, -0.15) is 0 Å². The van der Waals surface area contributed by atoms with Crippen LogP contribution in [0, 0.1) is 17.3 Å². The number of carbonyl (C=O) groups excluding carboxylic acids is 2. The summed E-state index contributed by atoms with van der Waals surface area (Å²) in [6.07, 6.45) is 7.53. The van der Waals surface area contributed by atoms with Crippen LogP contribution in [0.3, 0.4) is 0 Å². The van der Waals surface area contributed by atoms with Crippen LogP contribution in [0.25, 0.3) is 0 Å². The van der Waals surface area contributed by atoms with E-state index in [0.717, 1.165) is 5.57 Å². The number of allylic oxidation sites excluding steroid dienone is 2. The molecule has 0 aromatic carbocycles. The Bertz CT molecular complexity index is 878. The zero-order valence-corrected chi connectivity index (χ0v) is 19.6. The van der Waals surface area contributed by atoms with Gasteiger partial charge in [0, 0.05) is 46.9 Å². The average molecular weight is 449 g/mol. The Morgan fingerprint density at radius 3 is 1.91 bits per heavy atom. The molecule has 0 radical (unpaired) electrons. The molecule has 4 rings (SSSR count). The molecule has 32 heavy (non-hydrogen) atoms. The van der Waals surface area contributed by atoms with Crippen molar-refractivity contribution in [2.24, 2.45) is 17.3 Å². The highest BCUT2D eigenvalue weighted by molar-refractivity contribution is 6.05. The van der Waals surface area contributed by atoms with Gasteiger partial charge in [-0.15, -0.1) is 13.2 Å². The second kappa shape index (κ2) is 8.35. The minimum absolute atomic E-state index is 0.0164.